The maximum Gasteiger partial charge on any atom is 0.230 e. The number of nitrogens with two attached hydrogens (primary N) is 1. The average molecular weight is 446 g/mol. The van der Waals surface area contributed by atoms with E-state index in [1.165, 1.54) is 16.4 Å². The molecular formula is C20H20ClN5O3S. The fraction of sp³-hybridized carbons (Fsp3) is 0.250. The van der Waals surface area contributed by atoms with Gasteiger partial charge in [0.15, 0.2) is 17.3 Å². The molecule has 0 fully saturated rings. The minimum absolute atomic E-state index is 0.107. The van der Waals surface area contributed by atoms with Crippen LogP contribution < -0.4 is 20.6 Å². The molecule has 4 rings (SSSR count). The van der Waals surface area contributed by atoms with Crippen LogP contribution in [0.5, 0.6) is 11.5 Å². The van der Waals surface area contributed by atoms with E-state index < -0.39 is 0 Å². The topological polar surface area (TPSA) is 104 Å². The summed E-state index contributed by atoms with van der Waals surface area (Å²) >= 11 is 7.24. The zero-order valence-electron chi connectivity index (χ0n) is 16.0. The molecule has 2 aromatic carbocycles. The molecule has 0 saturated carbocycles. The van der Waals surface area contributed by atoms with Gasteiger partial charge in [-0.1, -0.05) is 41.6 Å². The lowest BCUT2D eigenvalue weighted by atomic mass is 10.1. The summed E-state index contributed by atoms with van der Waals surface area (Å²) in [6.45, 7) is 1.63. The quantitative estimate of drug-likeness (QED) is 0.425. The molecule has 0 radical (unpaired) electrons. The van der Waals surface area contributed by atoms with Gasteiger partial charge in [0, 0.05) is 17.1 Å². The van der Waals surface area contributed by atoms with Gasteiger partial charge in [0.1, 0.15) is 13.2 Å². The first kappa shape index (κ1) is 20.4. The molecule has 0 atom stereocenters. The summed E-state index contributed by atoms with van der Waals surface area (Å²) in [7, 11) is 0. The van der Waals surface area contributed by atoms with Crippen molar-refractivity contribution in [2.24, 2.45) is 0 Å². The Hall–Kier alpha value is -2.91. The van der Waals surface area contributed by atoms with E-state index in [1.807, 2.05) is 30.3 Å². The van der Waals surface area contributed by atoms with E-state index in [2.05, 4.69) is 15.5 Å². The van der Waals surface area contributed by atoms with E-state index in [9.17, 15) is 4.79 Å². The van der Waals surface area contributed by atoms with Gasteiger partial charge in [-0.2, -0.15) is 0 Å². The molecule has 3 N–H and O–H groups in total. The summed E-state index contributed by atoms with van der Waals surface area (Å²) in [4.78, 5) is 12.2. The zero-order chi connectivity index (χ0) is 20.9. The lowest BCUT2D eigenvalue weighted by Crippen LogP contribution is -2.27. The second-order valence-corrected chi connectivity index (χ2v) is 7.93. The number of thioether (sulfide) groups is 1. The highest BCUT2D eigenvalue weighted by molar-refractivity contribution is 7.99. The number of nitrogen functional groups attached to an aromatic ring is 1. The Balaban J connectivity index is 1.26. The van der Waals surface area contributed by atoms with Crippen molar-refractivity contribution in [2.45, 2.75) is 11.6 Å². The van der Waals surface area contributed by atoms with Crippen LogP contribution in [0.25, 0.3) is 11.4 Å². The molecule has 0 spiro atoms. The van der Waals surface area contributed by atoms with Crippen LogP contribution in [0.4, 0.5) is 0 Å². The number of amides is 1. The number of carbonyl (C=O) groups is 1. The number of aromatic nitrogens is 3. The second kappa shape index (κ2) is 9.27. The van der Waals surface area contributed by atoms with Crippen LogP contribution in [0.15, 0.2) is 47.6 Å². The third-order valence-corrected chi connectivity index (χ3v) is 5.60. The highest BCUT2D eigenvalue weighted by Gasteiger charge is 2.15. The highest BCUT2D eigenvalue weighted by Crippen LogP contribution is 2.30. The SMILES string of the molecule is Nn1c(SCC(=O)NCCc2ccc3c(c2)OCCO3)nnc1-c1cccc(Cl)c1. The Bertz CT molecular complexity index is 1060. The molecule has 3 aromatic rings. The first-order chi connectivity index (χ1) is 14.6. The molecule has 1 aliphatic rings. The van der Waals surface area contributed by atoms with E-state index >= 15 is 0 Å². The van der Waals surface area contributed by atoms with Gasteiger partial charge in [0.25, 0.3) is 0 Å². The summed E-state index contributed by atoms with van der Waals surface area (Å²) in [5.41, 5.74) is 1.83. The van der Waals surface area contributed by atoms with Crippen molar-refractivity contribution in [1.29, 1.82) is 0 Å². The van der Waals surface area contributed by atoms with Gasteiger partial charge in [-0.25, -0.2) is 4.68 Å². The van der Waals surface area contributed by atoms with Crippen LogP contribution in [0.2, 0.25) is 5.02 Å². The van der Waals surface area contributed by atoms with Crippen LogP contribution >= 0.6 is 23.4 Å². The molecule has 1 amide bonds. The normalized spacial score (nSPS) is 12.6. The molecule has 156 valence electrons. The zero-order valence-corrected chi connectivity index (χ0v) is 17.6. The number of rotatable bonds is 7. The summed E-state index contributed by atoms with van der Waals surface area (Å²) < 4.78 is 12.5. The van der Waals surface area contributed by atoms with E-state index in [0.29, 0.717) is 42.2 Å². The van der Waals surface area contributed by atoms with Crippen molar-refractivity contribution in [3.63, 3.8) is 0 Å². The number of halogens is 1. The standard InChI is InChI=1S/C20H20ClN5O3S/c21-15-3-1-2-14(11-15)19-24-25-20(26(19)22)30-12-18(27)23-7-6-13-4-5-16-17(10-13)29-9-8-28-16/h1-5,10-11H,6-9,12,22H2,(H,23,27). The maximum absolute atomic E-state index is 12.2. The maximum atomic E-state index is 12.2. The molecule has 1 aromatic heterocycles. The number of fused-ring (bicyclic) bond motifs is 1. The van der Waals surface area contributed by atoms with Gasteiger partial charge in [-0.15, -0.1) is 10.2 Å². The number of benzene rings is 2. The molecule has 0 unspecified atom stereocenters. The third-order valence-electron chi connectivity index (χ3n) is 4.42. The Labute approximate surface area is 182 Å². The largest absolute Gasteiger partial charge is 0.486 e. The third kappa shape index (κ3) is 4.80. The van der Waals surface area contributed by atoms with Crippen molar-refractivity contribution in [2.75, 3.05) is 31.4 Å². The predicted octanol–water partition coefficient (Wildman–Crippen LogP) is 2.53. The van der Waals surface area contributed by atoms with Gasteiger partial charge >= 0.3 is 0 Å². The average Bonchev–Trinajstić information content (AvgIpc) is 3.12. The van der Waals surface area contributed by atoms with Crippen LogP contribution in [0.3, 0.4) is 0 Å². The number of nitrogens with zero attached hydrogens (tertiary/aromatic N) is 3. The number of ether oxygens (including phenoxy) is 2. The first-order valence-electron chi connectivity index (χ1n) is 9.34. The molecule has 0 bridgehead atoms. The summed E-state index contributed by atoms with van der Waals surface area (Å²) in [6, 6.07) is 13.0. The monoisotopic (exact) mass is 445 g/mol. The fourth-order valence-electron chi connectivity index (χ4n) is 2.97. The van der Waals surface area contributed by atoms with Crippen molar-refractivity contribution in [1.82, 2.24) is 20.2 Å². The summed E-state index contributed by atoms with van der Waals surface area (Å²) in [6.07, 6.45) is 0.693. The van der Waals surface area contributed by atoms with Crippen LogP contribution in [0, 0.1) is 0 Å². The number of hydrogen-bond acceptors (Lipinski definition) is 7. The molecule has 2 heterocycles. The Morgan fingerprint density at radius 1 is 1.17 bits per heavy atom. The highest BCUT2D eigenvalue weighted by atomic mass is 35.5. The number of carbonyl (C=O) groups excluding carboxylic acids is 1. The molecular weight excluding hydrogens is 426 g/mol. The van der Waals surface area contributed by atoms with E-state index in [4.69, 9.17) is 26.9 Å². The summed E-state index contributed by atoms with van der Waals surface area (Å²) in [5, 5.41) is 12.1. The Morgan fingerprint density at radius 2 is 2.00 bits per heavy atom. The second-order valence-electron chi connectivity index (χ2n) is 6.55. The first-order valence-corrected chi connectivity index (χ1v) is 10.7. The molecule has 8 nitrogen and oxygen atoms in total. The van der Waals surface area contributed by atoms with Gasteiger partial charge < -0.3 is 20.6 Å². The van der Waals surface area contributed by atoms with E-state index in [0.717, 1.165) is 22.6 Å². The van der Waals surface area contributed by atoms with Crippen LogP contribution in [0.1, 0.15) is 5.56 Å². The van der Waals surface area contributed by atoms with E-state index in [-0.39, 0.29) is 11.7 Å². The number of nitrogens with one attached hydrogen (secondary N) is 1. The number of hydrogen-bond donors (Lipinski definition) is 2. The predicted molar refractivity (Wildman–Crippen MR) is 115 cm³/mol. The molecule has 0 saturated heterocycles. The van der Waals surface area contributed by atoms with Gasteiger partial charge in [0.2, 0.25) is 11.1 Å². The Kier molecular flexibility index (Phi) is 6.29. The Morgan fingerprint density at radius 3 is 2.83 bits per heavy atom. The van der Waals surface area contributed by atoms with Gasteiger partial charge in [-0.05, 0) is 36.2 Å². The van der Waals surface area contributed by atoms with Gasteiger partial charge in [0.05, 0.1) is 5.75 Å². The minimum atomic E-state index is -0.107. The molecule has 0 aliphatic carbocycles. The van der Waals surface area contributed by atoms with Crippen LogP contribution in [-0.4, -0.2) is 46.3 Å². The lowest BCUT2D eigenvalue weighted by Gasteiger charge is -2.18. The minimum Gasteiger partial charge on any atom is -0.486 e. The van der Waals surface area contributed by atoms with Crippen LogP contribution in [-0.2, 0) is 11.2 Å². The molecule has 10 heteroatoms. The lowest BCUT2D eigenvalue weighted by molar-refractivity contribution is -0.118. The molecule has 1 aliphatic heterocycles. The van der Waals surface area contributed by atoms with Crippen molar-refractivity contribution < 1.29 is 14.3 Å². The molecule has 30 heavy (non-hydrogen) atoms. The fourth-order valence-corrected chi connectivity index (χ4v) is 3.85. The van der Waals surface area contributed by atoms with Crippen molar-refractivity contribution in [3.8, 4) is 22.9 Å². The van der Waals surface area contributed by atoms with Crippen molar-refractivity contribution in [3.05, 3.63) is 53.1 Å². The van der Waals surface area contributed by atoms with E-state index in [1.54, 1.807) is 12.1 Å². The summed E-state index contributed by atoms with van der Waals surface area (Å²) in [5.74, 6) is 8.15. The van der Waals surface area contributed by atoms with Crippen molar-refractivity contribution >= 4 is 29.3 Å². The van der Waals surface area contributed by atoms with Gasteiger partial charge in [-0.3, -0.25) is 4.79 Å². The smallest absolute Gasteiger partial charge is 0.230 e.